The minimum Gasteiger partial charge on any atom is -0.329 e. The number of hydrogen-bond donors (Lipinski definition) is 1. The van der Waals surface area contributed by atoms with Gasteiger partial charge < -0.3 is 5.73 Å². The summed E-state index contributed by atoms with van der Waals surface area (Å²) >= 11 is 7.10. The molecule has 0 aliphatic carbocycles. The lowest BCUT2D eigenvalue weighted by atomic mass is 9.95. The zero-order chi connectivity index (χ0) is 14.0. The maximum atomic E-state index is 6.03. The topological polar surface area (TPSA) is 29.3 Å². The van der Waals surface area contributed by atoms with E-state index in [4.69, 9.17) is 5.73 Å². The van der Waals surface area contributed by atoms with E-state index in [9.17, 15) is 0 Å². The summed E-state index contributed by atoms with van der Waals surface area (Å²) in [5.41, 5.74) is 7.33. The number of benzene rings is 1. The number of nitrogens with zero attached hydrogens (tertiary/aromatic N) is 1. The van der Waals surface area contributed by atoms with Gasteiger partial charge in [0.1, 0.15) is 0 Å². The number of likely N-dealkylation sites (tertiary alicyclic amines) is 1. The zero-order valence-corrected chi connectivity index (χ0v) is 14.7. The Labute approximate surface area is 133 Å². The monoisotopic (exact) mass is 388 g/mol. The molecule has 2 rings (SSSR count). The standard InChI is InChI=1S/C15H22Br2N2/c1-10(2)12-5-6-19(9-12)15(8-18)11-3-4-13(16)14(17)7-11/h3-4,7,10,12,15H,5-6,8-9,18H2,1-2H3. The van der Waals surface area contributed by atoms with E-state index in [1.165, 1.54) is 25.1 Å². The van der Waals surface area contributed by atoms with Crippen LogP contribution in [0.25, 0.3) is 0 Å². The van der Waals surface area contributed by atoms with Crippen molar-refractivity contribution in [3.63, 3.8) is 0 Å². The molecule has 2 atom stereocenters. The minimum atomic E-state index is 0.341. The summed E-state index contributed by atoms with van der Waals surface area (Å²) in [6.45, 7) is 7.66. The van der Waals surface area contributed by atoms with Crippen LogP contribution in [0.3, 0.4) is 0 Å². The van der Waals surface area contributed by atoms with Crippen LogP contribution in [0.4, 0.5) is 0 Å². The molecule has 0 amide bonds. The van der Waals surface area contributed by atoms with Crippen molar-refractivity contribution in [1.29, 1.82) is 0 Å². The second-order valence-corrected chi connectivity index (χ2v) is 7.42. The van der Waals surface area contributed by atoms with Gasteiger partial charge in [0.05, 0.1) is 0 Å². The Bertz CT molecular complexity index is 434. The van der Waals surface area contributed by atoms with Crippen LogP contribution in [0.5, 0.6) is 0 Å². The van der Waals surface area contributed by atoms with Gasteiger partial charge >= 0.3 is 0 Å². The summed E-state index contributed by atoms with van der Waals surface area (Å²) in [5.74, 6) is 1.58. The zero-order valence-electron chi connectivity index (χ0n) is 11.6. The van der Waals surface area contributed by atoms with Crippen molar-refractivity contribution in [2.75, 3.05) is 19.6 Å². The molecule has 1 fully saturated rings. The van der Waals surface area contributed by atoms with Crippen LogP contribution < -0.4 is 5.73 Å². The Hall–Kier alpha value is 0.1000. The highest BCUT2D eigenvalue weighted by molar-refractivity contribution is 9.13. The molecule has 4 heteroatoms. The fourth-order valence-corrected chi connectivity index (χ4v) is 3.50. The first-order valence-corrected chi connectivity index (χ1v) is 8.50. The second kappa shape index (κ2) is 6.70. The molecule has 0 saturated carbocycles. The molecule has 0 spiro atoms. The van der Waals surface area contributed by atoms with Gasteiger partial charge in [0.25, 0.3) is 0 Å². The van der Waals surface area contributed by atoms with Crippen molar-refractivity contribution in [2.45, 2.75) is 26.3 Å². The molecule has 2 N–H and O–H groups in total. The van der Waals surface area contributed by atoms with Gasteiger partial charge in [-0.1, -0.05) is 19.9 Å². The van der Waals surface area contributed by atoms with Crippen LogP contribution in [0.15, 0.2) is 27.1 Å². The molecular formula is C15H22Br2N2. The van der Waals surface area contributed by atoms with Crippen molar-refractivity contribution in [2.24, 2.45) is 17.6 Å². The third-order valence-corrected chi connectivity index (χ3v) is 6.07. The first kappa shape index (κ1) is 15.5. The lowest BCUT2D eigenvalue weighted by Crippen LogP contribution is -2.32. The van der Waals surface area contributed by atoms with Crippen LogP contribution in [0, 0.1) is 11.8 Å². The number of nitrogens with two attached hydrogens (primary N) is 1. The first-order valence-electron chi connectivity index (χ1n) is 6.92. The molecule has 1 aromatic carbocycles. The van der Waals surface area contributed by atoms with Gasteiger partial charge in [-0.2, -0.15) is 0 Å². The Morgan fingerprint density at radius 2 is 2.05 bits per heavy atom. The molecule has 106 valence electrons. The Balaban J connectivity index is 2.14. The first-order chi connectivity index (χ1) is 9.02. The molecule has 1 aromatic rings. The predicted octanol–water partition coefficient (Wildman–Crippen LogP) is 4.19. The molecular weight excluding hydrogens is 368 g/mol. The summed E-state index contributed by atoms with van der Waals surface area (Å²) in [7, 11) is 0. The van der Waals surface area contributed by atoms with E-state index in [1.807, 2.05) is 0 Å². The van der Waals surface area contributed by atoms with Gasteiger partial charge in [0.2, 0.25) is 0 Å². The van der Waals surface area contributed by atoms with E-state index in [0.717, 1.165) is 20.8 Å². The largest absolute Gasteiger partial charge is 0.329 e. The van der Waals surface area contributed by atoms with Gasteiger partial charge in [-0.3, -0.25) is 4.90 Å². The van der Waals surface area contributed by atoms with E-state index in [-0.39, 0.29) is 0 Å². The quantitative estimate of drug-likeness (QED) is 0.836. The summed E-state index contributed by atoms with van der Waals surface area (Å²) in [4.78, 5) is 2.54. The molecule has 1 saturated heterocycles. The molecule has 0 radical (unpaired) electrons. The van der Waals surface area contributed by atoms with Crippen molar-refractivity contribution >= 4 is 31.9 Å². The Morgan fingerprint density at radius 1 is 1.32 bits per heavy atom. The highest BCUT2D eigenvalue weighted by atomic mass is 79.9. The maximum Gasteiger partial charge on any atom is 0.0470 e. The molecule has 19 heavy (non-hydrogen) atoms. The molecule has 2 nitrogen and oxygen atoms in total. The van der Waals surface area contributed by atoms with E-state index < -0.39 is 0 Å². The van der Waals surface area contributed by atoms with E-state index in [2.05, 4.69) is 68.8 Å². The second-order valence-electron chi connectivity index (χ2n) is 5.71. The molecule has 1 heterocycles. The minimum absolute atomic E-state index is 0.341. The maximum absolute atomic E-state index is 6.03. The molecule has 1 aliphatic heterocycles. The van der Waals surface area contributed by atoms with Gasteiger partial charge in [-0.25, -0.2) is 0 Å². The normalized spacial score (nSPS) is 22.1. The van der Waals surface area contributed by atoms with Crippen LogP contribution in [0.1, 0.15) is 31.9 Å². The van der Waals surface area contributed by atoms with Crippen molar-refractivity contribution in [3.8, 4) is 0 Å². The average Bonchev–Trinajstić information content (AvgIpc) is 2.84. The predicted molar refractivity (Wildman–Crippen MR) is 88.2 cm³/mol. The highest BCUT2D eigenvalue weighted by Crippen LogP contribution is 2.33. The van der Waals surface area contributed by atoms with Gasteiger partial charge in [-0.15, -0.1) is 0 Å². The SMILES string of the molecule is CC(C)C1CCN(C(CN)c2ccc(Br)c(Br)c2)C1. The van der Waals surface area contributed by atoms with Crippen molar-refractivity contribution in [3.05, 3.63) is 32.7 Å². The Kier molecular flexibility index (Phi) is 5.46. The van der Waals surface area contributed by atoms with Gasteiger partial charge in [0, 0.05) is 28.1 Å². The summed E-state index contributed by atoms with van der Waals surface area (Å²) < 4.78 is 2.19. The van der Waals surface area contributed by atoms with Crippen molar-refractivity contribution in [1.82, 2.24) is 4.90 Å². The highest BCUT2D eigenvalue weighted by Gasteiger charge is 2.30. The van der Waals surface area contributed by atoms with Gasteiger partial charge in [0.15, 0.2) is 0 Å². The van der Waals surface area contributed by atoms with E-state index >= 15 is 0 Å². The fraction of sp³-hybridized carbons (Fsp3) is 0.600. The van der Waals surface area contributed by atoms with Crippen LogP contribution in [0.2, 0.25) is 0 Å². The lowest BCUT2D eigenvalue weighted by molar-refractivity contribution is 0.232. The molecule has 0 bridgehead atoms. The smallest absolute Gasteiger partial charge is 0.0470 e. The summed E-state index contributed by atoms with van der Waals surface area (Å²) in [6, 6.07) is 6.80. The number of halogens is 2. The van der Waals surface area contributed by atoms with Crippen molar-refractivity contribution < 1.29 is 0 Å². The Morgan fingerprint density at radius 3 is 2.58 bits per heavy atom. The fourth-order valence-electron chi connectivity index (χ4n) is 2.86. The van der Waals surface area contributed by atoms with Crippen LogP contribution in [-0.2, 0) is 0 Å². The third kappa shape index (κ3) is 3.60. The number of hydrogen-bond acceptors (Lipinski definition) is 2. The number of rotatable bonds is 4. The van der Waals surface area contributed by atoms with Gasteiger partial charge in [-0.05, 0) is 74.4 Å². The summed E-state index contributed by atoms with van der Waals surface area (Å²) in [6.07, 6.45) is 1.30. The molecule has 1 aliphatic rings. The van der Waals surface area contributed by atoms with Crippen LogP contribution >= 0.6 is 31.9 Å². The summed E-state index contributed by atoms with van der Waals surface area (Å²) in [5, 5.41) is 0. The molecule has 2 unspecified atom stereocenters. The molecule has 0 aromatic heterocycles. The van der Waals surface area contributed by atoms with Crippen LogP contribution in [-0.4, -0.2) is 24.5 Å². The average molecular weight is 390 g/mol. The van der Waals surface area contributed by atoms with E-state index in [1.54, 1.807) is 0 Å². The third-order valence-electron chi connectivity index (χ3n) is 4.19. The lowest BCUT2D eigenvalue weighted by Gasteiger charge is -2.28. The van der Waals surface area contributed by atoms with E-state index in [0.29, 0.717) is 12.6 Å².